The fourth-order valence-corrected chi connectivity index (χ4v) is 2.02. The minimum Gasteiger partial charge on any atom is -0.369 e. The maximum absolute atomic E-state index is 12.9. The second-order valence-corrected chi connectivity index (χ2v) is 4.13. The first-order valence-electron chi connectivity index (χ1n) is 5.12. The van der Waals surface area contributed by atoms with E-state index < -0.39 is 0 Å². The van der Waals surface area contributed by atoms with Crippen LogP contribution in [0, 0.1) is 0 Å². The van der Waals surface area contributed by atoms with Gasteiger partial charge in [-0.05, 0) is 25.0 Å². The lowest BCUT2D eigenvalue weighted by molar-refractivity contribution is 0.483. The molecule has 0 aromatic heterocycles. The van der Waals surface area contributed by atoms with Crippen molar-refractivity contribution >= 4 is 17.3 Å². The van der Waals surface area contributed by atoms with E-state index in [1.54, 1.807) is 12.1 Å². The Labute approximate surface area is 94.2 Å². The molecule has 0 N–H and O–H groups in total. The molecular formula is C12H13ClFN. The Morgan fingerprint density at radius 3 is 2.33 bits per heavy atom. The van der Waals surface area contributed by atoms with Crippen molar-refractivity contribution in [1.82, 2.24) is 4.90 Å². The molecule has 3 heteroatoms. The zero-order chi connectivity index (χ0) is 10.7. The van der Waals surface area contributed by atoms with Gasteiger partial charge in [0.15, 0.2) is 0 Å². The van der Waals surface area contributed by atoms with E-state index in [1.165, 1.54) is 0 Å². The van der Waals surface area contributed by atoms with E-state index in [4.69, 9.17) is 11.6 Å². The molecular weight excluding hydrogens is 213 g/mol. The summed E-state index contributed by atoms with van der Waals surface area (Å²) in [6, 6.07) is 7.28. The Bertz CT molecular complexity index is 352. The first-order valence-corrected chi connectivity index (χ1v) is 5.50. The van der Waals surface area contributed by atoms with Gasteiger partial charge in [0, 0.05) is 23.7 Å². The fourth-order valence-electron chi connectivity index (χ4n) is 1.89. The molecule has 1 nitrogen and oxygen atoms in total. The lowest BCUT2D eigenvalue weighted by Crippen LogP contribution is -2.17. The molecule has 15 heavy (non-hydrogen) atoms. The Morgan fingerprint density at radius 1 is 1.20 bits per heavy atom. The van der Waals surface area contributed by atoms with Gasteiger partial charge in [-0.15, -0.1) is 0 Å². The van der Waals surface area contributed by atoms with Gasteiger partial charge in [0.2, 0.25) is 0 Å². The third-order valence-corrected chi connectivity index (χ3v) is 2.94. The molecule has 1 heterocycles. The third kappa shape index (κ3) is 2.32. The van der Waals surface area contributed by atoms with Gasteiger partial charge < -0.3 is 4.90 Å². The standard InChI is InChI=1S/C12H13ClFN/c13-11-5-3-10(4-6-11)12(9-14)15-7-1-2-8-15/h3-6,9H,1-2,7-8H2. The molecule has 0 saturated carbocycles. The first kappa shape index (κ1) is 10.5. The van der Waals surface area contributed by atoms with E-state index in [0.29, 0.717) is 17.0 Å². The third-order valence-electron chi connectivity index (χ3n) is 2.69. The zero-order valence-electron chi connectivity index (χ0n) is 8.42. The smallest absolute Gasteiger partial charge is 0.111 e. The number of likely N-dealkylation sites (tertiary alicyclic amines) is 1. The van der Waals surface area contributed by atoms with Gasteiger partial charge in [0.05, 0.1) is 5.70 Å². The van der Waals surface area contributed by atoms with Crippen molar-refractivity contribution < 1.29 is 4.39 Å². The largest absolute Gasteiger partial charge is 0.369 e. The maximum atomic E-state index is 12.9. The van der Waals surface area contributed by atoms with Crippen LogP contribution in [0.5, 0.6) is 0 Å². The van der Waals surface area contributed by atoms with Gasteiger partial charge in [-0.3, -0.25) is 0 Å². The lowest BCUT2D eigenvalue weighted by Gasteiger charge is -2.20. The number of hydrogen-bond acceptors (Lipinski definition) is 1. The highest BCUT2D eigenvalue weighted by atomic mass is 35.5. The Kier molecular flexibility index (Phi) is 3.27. The van der Waals surface area contributed by atoms with E-state index in [0.717, 1.165) is 31.5 Å². The summed E-state index contributed by atoms with van der Waals surface area (Å²) in [4.78, 5) is 2.07. The van der Waals surface area contributed by atoms with E-state index in [2.05, 4.69) is 4.90 Å². The second-order valence-electron chi connectivity index (χ2n) is 3.70. The predicted octanol–water partition coefficient (Wildman–Crippen LogP) is 3.70. The molecule has 1 fully saturated rings. The maximum Gasteiger partial charge on any atom is 0.111 e. The summed E-state index contributed by atoms with van der Waals surface area (Å²) in [5.41, 5.74) is 1.56. The summed E-state index contributed by atoms with van der Waals surface area (Å²) in [6.45, 7) is 1.89. The minimum atomic E-state index is 0.671. The summed E-state index contributed by atoms with van der Waals surface area (Å²) in [6.07, 6.45) is 2.98. The normalized spacial score (nSPS) is 17.2. The van der Waals surface area contributed by atoms with Crippen LogP contribution in [0.15, 0.2) is 30.6 Å². The van der Waals surface area contributed by atoms with Crippen molar-refractivity contribution in [2.45, 2.75) is 12.8 Å². The Morgan fingerprint density at radius 2 is 1.80 bits per heavy atom. The molecule has 0 unspecified atom stereocenters. The van der Waals surface area contributed by atoms with Gasteiger partial charge in [0.25, 0.3) is 0 Å². The van der Waals surface area contributed by atoms with Crippen LogP contribution in [0.4, 0.5) is 4.39 Å². The van der Waals surface area contributed by atoms with E-state index in [-0.39, 0.29) is 0 Å². The molecule has 1 aliphatic heterocycles. The molecule has 0 radical (unpaired) electrons. The van der Waals surface area contributed by atoms with Crippen molar-refractivity contribution in [3.05, 3.63) is 41.2 Å². The molecule has 0 aliphatic carbocycles. The molecule has 0 atom stereocenters. The quantitative estimate of drug-likeness (QED) is 0.742. The Balaban J connectivity index is 2.23. The number of hydrogen-bond donors (Lipinski definition) is 0. The van der Waals surface area contributed by atoms with Gasteiger partial charge in [0.1, 0.15) is 6.33 Å². The molecule has 1 saturated heterocycles. The van der Waals surface area contributed by atoms with Crippen molar-refractivity contribution in [2.75, 3.05) is 13.1 Å². The Hall–Kier alpha value is -1.02. The van der Waals surface area contributed by atoms with Crippen molar-refractivity contribution in [3.8, 4) is 0 Å². The first-order chi connectivity index (χ1) is 7.31. The monoisotopic (exact) mass is 225 g/mol. The van der Waals surface area contributed by atoms with Crippen LogP contribution < -0.4 is 0 Å². The lowest BCUT2D eigenvalue weighted by atomic mass is 10.1. The van der Waals surface area contributed by atoms with Gasteiger partial charge in [-0.2, -0.15) is 0 Å². The van der Waals surface area contributed by atoms with Crippen molar-refractivity contribution in [3.63, 3.8) is 0 Å². The molecule has 0 spiro atoms. The van der Waals surface area contributed by atoms with Crippen LogP contribution in [0.25, 0.3) is 5.70 Å². The van der Waals surface area contributed by atoms with Crippen LogP contribution >= 0.6 is 11.6 Å². The highest BCUT2D eigenvalue weighted by molar-refractivity contribution is 6.30. The van der Waals surface area contributed by atoms with Gasteiger partial charge in [-0.1, -0.05) is 23.7 Å². The van der Waals surface area contributed by atoms with E-state index in [9.17, 15) is 4.39 Å². The number of benzene rings is 1. The number of halogens is 2. The van der Waals surface area contributed by atoms with Crippen LogP contribution in [0.3, 0.4) is 0 Å². The molecule has 2 rings (SSSR count). The van der Waals surface area contributed by atoms with Crippen molar-refractivity contribution in [1.29, 1.82) is 0 Å². The summed E-state index contributed by atoms with van der Waals surface area (Å²) in [5, 5.41) is 0.679. The summed E-state index contributed by atoms with van der Waals surface area (Å²) >= 11 is 5.79. The second kappa shape index (κ2) is 4.67. The number of rotatable bonds is 2. The zero-order valence-corrected chi connectivity index (χ0v) is 9.17. The fraction of sp³-hybridized carbons (Fsp3) is 0.333. The van der Waals surface area contributed by atoms with E-state index >= 15 is 0 Å². The summed E-state index contributed by atoms with van der Waals surface area (Å²) < 4.78 is 12.9. The van der Waals surface area contributed by atoms with Crippen LogP contribution in [-0.4, -0.2) is 18.0 Å². The highest BCUT2D eigenvalue weighted by Gasteiger charge is 2.16. The molecule has 1 aromatic carbocycles. The molecule has 0 amide bonds. The topological polar surface area (TPSA) is 3.24 Å². The van der Waals surface area contributed by atoms with E-state index in [1.807, 2.05) is 12.1 Å². The van der Waals surface area contributed by atoms with Crippen LogP contribution in [0.2, 0.25) is 5.02 Å². The van der Waals surface area contributed by atoms with Gasteiger partial charge in [-0.25, -0.2) is 4.39 Å². The average Bonchev–Trinajstić information content (AvgIpc) is 2.75. The SMILES string of the molecule is FC=C(c1ccc(Cl)cc1)N1CCCC1. The van der Waals surface area contributed by atoms with Crippen LogP contribution in [-0.2, 0) is 0 Å². The van der Waals surface area contributed by atoms with Crippen molar-refractivity contribution in [2.24, 2.45) is 0 Å². The number of nitrogens with zero attached hydrogens (tertiary/aromatic N) is 1. The highest BCUT2D eigenvalue weighted by Crippen LogP contribution is 2.25. The minimum absolute atomic E-state index is 0.671. The average molecular weight is 226 g/mol. The molecule has 1 aromatic rings. The molecule has 1 aliphatic rings. The van der Waals surface area contributed by atoms with Gasteiger partial charge >= 0.3 is 0 Å². The van der Waals surface area contributed by atoms with Crippen LogP contribution in [0.1, 0.15) is 18.4 Å². The summed E-state index contributed by atoms with van der Waals surface area (Å²) in [7, 11) is 0. The molecule has 0 bridgehead atoms. The summed E-state index contributed by atoms with van der Waals surface area (Å²) in [5.74, 6) is 0. The molecule has 80 valence electrons. The predicted molar refractivity (Wildman–Crippen MR) is 61.3 cm³/mol.